The molecule has 6 nitrogen and oxygen atoms in total. The number of fused-ring (bicyclic) bond motifs is 7. The Morgan fingerprint density at radius 1 is 1.16 bits per heavy atom. The van der Waals surface area contributed by atoms with Crippen LogP contribution >= 0.6 is 0 Å². The zero-order valence-corrected chi connectivity index (χ0v) is 23.1. The number of piperidine rings is 3. The van der Waals surface area contributed by atoms with Crippen LogP contribution in [0.4, 0.5) is 0 Å². The first-order valence-electron chi connectivity index (χ1n) is 14.4. The predicted octanol–water partition coefficient (Wildman–Crippen LogP) is 5.33. The van der Waals surface area contributed by atoms with Gasteiger partial charge in [-0.2, -0.15) is 0 Å². The molecule has 2 aromatic rings. The van der Waals surface area contributed by atoms with Crippen molar-refractivity contribution in [2.75, 3.05) is 26.2 Å². The summed E-state index contributed by atoms with van der Waals surface area (Å²) >= 11 is 0. The molecule has 6 heteroatoms. The molecule has 1 aromatic carbocycles. The van der Waals surface area contributed by atoms with E-state index in [1.165, 1.54) is 37.8 Å². The van der Waals surface area contributed by atoms with E-state index in [-0.39, 0.29) is 18.4 Å². The van der Waals surface area contributed by atoms with Gasteiger partial charge in [0, 0.05) is 30.1 Å². The molecule has 202 valence electrons. The van der Waals surface area contributed by atoms with Crippen LogP contribution in [-0.2, 0) is 11.2 Å². The van der Waals surface area contributed by atoms with Gasteiger partial charge in [0.15, 0.2) is 0 Å². The van der Waals surface area contributed by atoms with Crippen molar-refractivity contribution < 1.29 is 13.9 Å². The molecule has 0 radical (unpaired) electrons. The van der Waals surface area contributed by atoms with Crippen LogP contribution in [0.2, 0.25) is 0 Å². The van der Waals surface area contributed by atoms with Crippen LogP contribution < -0.4 is 10.4 Å². The van der Waals surface area contributed by atoms with Gasteiger partial charge in [-0.1, -0.05) is 24.6 Å². The molecule has 3 saturated heterocycles. The SMILES string of the molecule is C=C(C)COc1ccc2c(C)c(CC(=O)N3CCCC4=C[C@H]5C[C@@H](CN6CCCC[C@H]56)[C@@H]43)c(=O)oc2c1C. The number of ether oxygens (including phenoxy) is 1. The first-order chi connectivity index (χ1) is 18.3. The van der Waals surface area contributed by atoms with E-state index in [1.54, 1.807) is 0 Å². The third kappa shape index (κ3) is 4.41. The zero-order chi connectivity index (χ0) is 26.6. The first-order valence-corrected chi connectivity index (χ1v) is 14.4. The van der Waals surface area contributed by atoms with Gasteiger partial charge in [0.05, 0.1) is 18.0 Å². The van der Waals surface area contributed by atoms with E-state index < -0.39 is 5.63 Å². The summed E-state index contributed by atoms with van der Waals surface area (Å²) < 4.78 is 11.7. The van der Waals surface area contributed by atoms with Crippen molar-refractivity contribution in [2.45, 2.75) is 77.8 Å². The van der Waals surface area contributed by atoms with Crippen LogP contribution in [0.3, 0.4) is 0 Å². The minimum absolute atomic E-state index is 0.0488. The number of amides is 1. The van der Waals surface area contributed by atoms with Crippen LogP contribution in [0.25, 0.3) is 11.0 Å². The van der Waals surface area contributed by atoms with Gasteiger partial charge >= 0.3 is 5.63 Å². The third-order valence-corrected chi connectivity index (χ3v) is 9.43. The van der Waals surface area contributed by atoms with Crippen molar-refractivity contribution in [1.82, 2.24) is 9.80 Å². The highest BCUT2D eigenvalue weighted by molar-refractivity contribution is 5.87. The molecule has 4 aliphatic rings. The lowest BCUT2D eigenvalue weighted by Crippen LogP contribution is -2.60. The highest BCUT2D eigenvalue weighted by Gasteiger charge is 2.46. The molecular weight excluding hydrogens is 476 g/mol. The summed E-state index contributed by atoms with van der Waals surface area (Å²) in [6.45, 7) is 13.1. The number of carbonyl (C=O) groups excluding carboxylic acids is 1. The minimum atomic E-state index is -0.422. The maximum Gasteiger partial charge on any atom is 0.340 e. The van der Waals surface area contributed by atoms with Gasteiger partial charge in [-0.15, -0.1) is 0 Å². The van der Waals surface area contributed by atoms with Gasteiger partial charge in [0.2, 0.25) is 5.91 Å². The molecule has 1 amide bonds. The highest BCUT2D eigenvalue weighted by atomic mass is 16.5. The van der Waals surface area contributed by atoms with Crippen molar-refractivity contribution >= 4 is 16.9 Å². The number of aryl methyl sites for hydroxylation is 2. The summed E-state index contributed by atoms with van der Waals surface area (Å²) in [4.78, 5) is 31.9. The van der Waals surface area contributed by atoms with E-state index >= 15 is 0 Å². The standard InChI is InChI=1S/C32H40N2O4/c1-19(2)18-37-28-11-10-25-20(3)26(32(36)38-31(25)21(28)4)16-29(35)34-13-7-8-22-14-23-15-24(30(22)34)17-33-12-6-5-9-27(23)33/h10-11,14,23-24,27,30H,1,5-9,12-13,15-18H2,2-4H3/t23-,24-,27+,30+/m0/s1. The number of benzene rings is 1. The maximum atomic E-state index is 13.9. The van der Waals surface area contributed by atoms with Crippen LogP contribution in [0.1, 0.15) is 62.1 Å². The number of carbonyl (C=O) groups is 1. The highest BCUT2D eigenvalue weighted by Crippen LogP contribution is 2.45. The van der Waals surface area contributed by atoms with Crippen LogP contribution in [0.5, 0.6) is 5.75 Å². The molecule has 0 spiro atoms. The predicted molar refractivity (Wildman–Crippen MR) is 150 cm³/mol. The van der Waals surface area contributed by atoms with Gasteiger partial charge < -0.3 is 14.1 Å². The fourth-order valence-electron chi connectivity index (χ4n) is 7.64. The molecule has 2 bridgehead atoms. The summed E-state index contributed by atoms with van der Waals surface area (Å²) in [6.07, 6.45) is 9.85. The average molecular weight is 517 g/mol. The zero-order valence-electron chi connectivity index (χ0n) is 23.1. The molecule has 6 rings (SSSR count). The van der Waals surface area contributed by atoms with E-state index in [2.05, 4.69) is 22.5 Å². The lowest BCUT2D eigenvalue weighted by atomic mass is 9.68. The molecule has 1 aromatic heterocycles. The molecule has 3 aliphatic heterocycles. The number of likely N-dealkylation sites (tertiary alicyclic amines) is 1. The molecule has 0 N–H and O–H groups in total. The van der Waals surface area contributed by atoms with Gasteiger partial charge in [-0.3, -0.25) is 9.69 Å². The summed E-state index contributed by atoms with van der Waals surface area (Å²) in [5.41, 5.74) is 4.58. The summed E-state index contributed by atoms with van der Waals surface area (Å²) in [5.74, 6) is 1.86. The Balaban J connectivity index is 1.27. The van der Waals surface area contributed by atoms with Crippen LogP contribution in [0.15, 0.2) is 45.1 Å². The summed E-state index contributed by atoms with van der Waals surface area (Å²) in [7, 11) is 0. The lowest BCUT2D eigenvalue weighted by Gasteiger charge is -2.54. The van der Waals surface area contributed by atoms with Crippen molar-refractivity contribution in [3.05, 3.63) is 63.0 Å². The molecule has 0 unspecified atom stereocenters. The van der Waals surface area contributed by atoms with E-state index in [0.717, 1.165) is 48.0 Å². The topological polar surface area (TPSA) is 63.0 Å². The summed E-state index contributed by atoms with van der Waals surface area (Å²) in [5, 5.41) is 0.857. The van der Waals surface area contributed by atoms with E-state index in [1.807, 2.05) is 32.9 Å². The molecule has 38 heavy (non-hydrogen) atoms. The third-order valence-electron chi connectivity index (χ3n) is 9.43. The Morgan fingerprint density at radius 2 is 2.00 bits per heavy atom. The molecule has 3 fully saturated rings. The Morgan fingerprint density at radius 3 is 2.82 bits per heavy atom. The van der Waals surface area contributed by atoms with Crippen molar-refractivity contribution in [2.24, 2.45) is 11.8 Å². The maximum absolute atomic E-state index is 13.9. The molecule has 1 aliphatic carbocycles. The number of hydrogen-bond acceptors (Lipinski definition) is 5. The van der Waals surface area contributed by atoms with Gasteiger partial charge in [-0.25, -0.2) is 4.79 Å². The number of hydrogen-bond donors (Lipinski definition) is 0. The molecule has 4 heterocycles. The fraction of sp³-hybridized carbons (Fsp3) is 0.562. The Labute approximate surface area is 225 Å². The van der Waals surface area contributed by atoms with Crippen molar-refractivity contribution in [3.63, 3.8) is 0 Å². The van der Waals surface area contributed by atoms with Gasteiger partial charge in [-0.05, 0) is 94.5 Å². The van der Waals surface area contributed by atoms with Gasteiger partial charge in [0.25, 0.3) is 0 Å². The largest absolute Gasteiger partial charge is 0.489 e. The van der Waals surface area contributed by atoms with E-state index in [0.29, 0.717) is 41.4 Å². The number of rotatable bonds is 5. The second-order valence-electron chi connectivity index (χ2n) is 12.1. The lowest BCUT2D eigenvalue weighted by molar-refractivity contribution is -0.135. The van der Waals surface area contributed by atoms with Crippen LogP contribution in [-0.4, -0.2) is 54.0 Å². The molecular formula is C32H40N2O4. The van der Waals surface area contributed by atoms with Crippen molar-refractivity contribution in [3.8, 4) is 5.75 Å². The van der Waals surface area contributed by atoms with E-state index in [4.69, 9.17) is 9.15 Å². The molecule has 0 saturated carbocycles. The fourth-order valence-corrected chi connectivity index (χ4v) is 7.64. The Kier molecular flexibility index (Phi) is 6.71. The first kappa shape index (κ1) is 25.4. The average Bonchev–Trinajstić information content (AvgIpc) is 2.90. The Bertz CT molecular complexity index is 1370. The van der Waals surface area contributed by atoms with Crippen LogP contribution in [0, 0.1) is 25.7 Å². The normalized spacial score (nSPS) is 26.9. The molecule has 4 atom stereocenters. The Hall–Kier alpha value is -2.86. The second-order valence-corrected chi connectivity index (χ2v) is 12.1. The van der Waals surface area contributed by atoms with E-state index in [9.17, 15) is 9.59 Å². The summed E-state index contributed by atoms with van der Waals surface area (Å²) in [6, 6.07) is 4.72. The van der Waals surface area contributed by atoms with Crippen molar-refractivity contribution in [1.29, 1.82) is 0 Å². The van der Waals surface area contributed by atoms with Gasteiger partial charge in [0.1, 0.15) is 17.9 Å². The second kappa shape index (κ2) is 10.0. The smallest absolute Gasteiger partial charge is 0.340 e. The quantitative estimate of drug-likeness (QED) is 0.397. The monoisotopic (exact) mass is 516 g/mol. The minimum Gasteiger partial charge on any atom is -0.489 e. The number of nitrogens with zero attached hydrogens (tertiary/aromatic N) is 2.